The summed E-state index contributed by atoms with van der Waals surface area (Å²) in [6.07, 6.45) is -1.75. The Morgan fingerprint density at radius 3 is 2.79 bits per heavy atom. The first-order valence-electron chi connectivity index (χ1n) is 3.58. The predicted molar refractivity (Wildman–Crippen MR) is 45.5 cm³/mol. The third kappa shape index (κ3) is 2.17. The molecule has 0 bridgehead atoms. The molecule has 1 rings (SSSR count). The standard InChI is InChI=1S/C8H6ClF2NO2/c1-14-8(13)6-2-4(7(10)11)5(9)3-12-6/h2-3,7H,1H3. The average Bonchev–Trinajstić information content (AvgIpc) is 2.17. The molecule has 1 aromatic rings. The number of aromatic nitrogens is 1. The Morgan fingerprint density at radius 2 is 2.29 bits per heavy atom. The van der Waals surface area contributed by atoms with Crippen molar-refractivity contribution in [2.24, 2.45) is 0 Å². The van der Waals surface area contributed by atoms with E-state index in [0.717, 1.165) is 19.4 Å². The Balaban J connectivity index is 3.13. The number of hydrogen-bond donors (Lipinski definition) is 0. The lowest BCUT2D eigenvalue weighted by Gasteiger charge is -2.04. The number of nitrogens with zero attached hydrogens (tertiary/aromatic N) is 1. The summed E-state index contributed by atoms with van der Waals surface area (Å²) in [5.74, 6) is -0.774. The fourth-order valence-electron chi connectivity index (χ4n) is 0.838. The van der Waals surface area contributed by atoms with E-state index in [-0.39, 0.29) is 10.7 Å². The number of alkyl halides is 2. The van der Waals surface area contributed by atoms with Gasteiger partial charge in [-0.25, -0.2) is 18.6 Å². The van der Waals surface area contributed by atoms with Crippen LogP contribution < -0.4 is 0 Å². The second-order valence-electron chi connectivity index (χ2n) is 2.38. The molecule has 0 fully saturated rings. The maximum Gasteiger partial charge on any atom is 0.356 e. The van der Waals surface area contributed by atoms with E-state index in [2.05, 4.69) is 9.72 Å². The van der Waals surface area contributed by atoms with Crippen LogP contribution in [0.5, 0.6) is 0 Å². The van der Waals surface area contributed by atoms with Crippen molar-refractivity contribution in [2.75, 3.05) is 7.11 Å². The second kappa shape index (κ2) is 4.32. The third-order valence-corrected chi connectivity index (χ3v) is 1.83. The number of methoxy groups -OCH3 is 1. The van der Waals surface area contributed by atoms with Gasteiger partial charge in [0.15, 0.2) is 0 Å². The highest BCUT2D eigenvalue weighted by atomic mass is 35.5. The smallest absolute Gasteiger partial charge is 0.356 e. The van der Waals surface area contributed by atoms with Gasteiger partial charge in [-0.3, -0.25) is 0 Å². The summed E-state index contributed by atoms with van der Waals surface area (Å²) in [7, 11) is 1.14. The molecule has 0 aliphatic rings. The summed E-state index contributed by atoms with van der Waals surface area (Å²) in [5, 5.41) is -0.173. The maximum atomic E-state index is 12.3. The van der Waals surface area contributed by atoms with Crippen LogP contribution in [-0.4, -0.2) is 18.1 Å². The van der Waals surface area contributed by atoms with Crippen molar-refractivity contribution in [3.8, 4) is 0 Å². The van der Waals surface area contributed by atoms with Crippen LogP contribution in [0.2, 0.25) is 5.02 Å². The average molecular weight is 222 g/mol. The van der Waals surface area contributed by atoms with E-state index < -0.39 is 18.0 Å². The minimum atomic E-state index is -2.74. The van der Waals surface area contributed by atoms with Gasteiger partial charge in [0.1, 0.15) is 5.69 Å². The van der Waals surface area contributed by atoms with Crippen molar-refractivity contribution in [2.45, 2.75) is 6.43 Å². The molecule has 0 aromatic carbocycles. The van der Waals surface area contributed by atoms with Crippen LogP contribution in [0.25, 0.3) is 0 Å². The molecule has 0 N–H and O–H groups in total. The lowest BCUT2D eigenvalue weighted by Crippen LogP contribution is -2.05. The van der Waals surface area contributed by atoms with E-state index in [1.165, 1.54) is 0 Å². The lowest BCUT2D eigenvalue weighted by molar-refractivity contribution is 0.0593. The minimum absolute atomic E-state index is 0.173. The van der Waals surface area contributed by atoms with Crippen LogP contribution in [0.3, 0.4) is 0 Å². The third-order valence-electron chi connectivity index (χ3n) is 1.51. The van der Waals surface area contributed by atoms with Gasteiger partial charge in [0, 0.05) is 11.8 Å². The van der Waals surface area contributed by atoms with Gasteiger partial charge in [0.25, 0.3) is 6.43 Å². The van der Waals surface area contributed by atoms with E-state index in [9.17, 15) is 13.6 Å². The van der Waals surface area contributed by atoms with E-state index in [1.54, 1.807) is 0 Å². The number of halogens is 3. The van der Waals surface area contributed by atoms with Crippen molar-refractivity contribution < 1.29 is 18.3 Å². The van der Waals surface area contributed by atoms with Gasteiger partial charge in [-0.2, -0.15) is 0 Å². The fourth-order valence-corrected chi connectivity index (χ4v) is 1.02. The number of pyridine rings is 1. The molecule has 0 radical (unpaired) electrons. The number of carbonyl (C=O) groups is 1. The molecule has 0 spiro atoms. The van der Waals surface area contributed by atoms with Crippen molar-refractivity contribution in [1.82, 2.24) is 4.98 Å². The fraction of sp³-hybridized carbons (Fsp3) is 0.250. The number of ether oxygens (including phenoxy) is 1. The molecule has 0 amide bonds. The van der Waals surface area contributed by atoms with Crippen molar-refractivity contribution in [3.05, 3.63) is 28.5 Å². The molecule has 1 aromatic heterocycles. The highest BCUT2D eigenvalue weighted by Gasteiger charge is 2.16. The summed E-state index contributed by atoms with van der Waals surface area (Å²) < 4.78 is 28.9. The van der Waals surface area contributed by atoms with Gasteiger partial charge in [0.2, 0.25) is 0 Å². The Labute approximate surface area is 83.7 Å². The first-order valence-corrected chi connectivity index (χ1v) is 3.96. The van der Waals surface area contributed by atoms with E-state index in [4.69, 9.17) is 11.6 Å². The van der Waals surface area contributed by atoms with Crippen LogP contribution >= 0.6 is 11.6 Å². The first-order chi connectivity index (χ1) is 6.56. The predicted octanol–water partition coefficient (Wildman–Crippen LogP) is 2.46. The van der Waals surface area contributed by atoms with E-state index in [1.807, 2.05) is 0 Å². The molecule has 1 heterocycles. The number of rotatable bonds is 2. The van der Waals surface area contributed by atoms with Crippen molar-refractivity contribution in [3.63, 3.8) is 0 Å². The first kappa shape index (κ1) is 10.8. The largest absolute Gasteiger partial charge is 0.464 e. The highest BCUT2D eigenvalue weighted by Crippen LogP contribution is 2.26. The Hall–Kier alpha value is -1.23. The molecule has 14 heavy (non-hydrogen) atoms. The maximum absolute atomic E-state index is 12.3. The van der Waals surface area contributed by atoms with E-state index in [0.29, 0.717) is 0 Å². The monoisotopic (exact) mass is 221 g/mol. The Bertz CT molecular complexity index is 357. The highest BCUT2D eigenvalue weighted by molar-refractivity contribution is 6.31. The Morgan fingerprint density at radius 1 is 1.64 bits per heavy atom. The van der Waals surface area contributed by atoms with Crippen molar-refractivity contribution >= 4 is 17.6 Å². The van der Waals surface area contributed by atoms with Gasteiger partial charge < -0.3 is 4.74 Å². The number of esters is 1. The zero-order chi connectivity index (χ0) is 10.7. The molecule has 6 heteroatoms. The minimum Gasteiger partial charge on any atom is -0.464 e. The molecule has 0 atom stereocenters. The molecule has 0 saturated carbocycles. The lowest BCUT2D eigenvalue weighted by atomic mass is 10.2. The van der Waals surface area contributed by atoms with Crippen LogP contribution in [-0.2, 0) is 4.74 Å². The number of hydrogen-bond acceptors (Lipinski definition) is 3. The summed E-state index contributed by atoms with van der Waals surface area (Å²) in [6, 6.07) is 0.916. The van der Waals surface area contributed by atoms with Crippen LogP contribution in [0, 0.1) is 0 Å². The van der Waals surface area contributed by atoms with Gasteiger partial charge in [-0.05, 0) is 6.07 Å². The zero-order valence-corrected chi connectivity index (χ0v) is 7.89. The molecular formula is C8H6ClF2NO2. The normalized spacial score (nSPS) is 10.4. The van der Waals surface area contributed by atoms with Crippen LogP contribution in [0.15, 0.2) is 12.3 Å². The molecule has 0 unspecified atom stereocenters. The molecule has 0 aliphatic heterocycles. The van der Waals surface area contributed by atoms with E-state index >= 15 is 0 Å². The SMILES string of the molecule is COC(=O)c1cc(C(F)F)c(Cl)cn1. The van der Waals surface area contributed by atoms with Gasteiger partial charge in [-0.1, -0.05) is 11.6 Å². The summed E-state index contributed by atoms with van der Waals surface area (Å²) in [4.78, 5) is 14.5. The summed E-state index contributed by atoms with van der Waals surface area (Å²) >= 11 is 5.44. The van der Waals surface area contributed by atoms with Crippen LogP contribution in [0.4, 0.5) is 8.78 Å². The Kier molecular flexibility index (Phi) is 3.35. The van der Waals surface area contributed by atoms with Gasteiger partial charge in [0.05, 0.1) is 12.1 Å². The van der Waals surface area contributed by atoms with Crippen LogP contribution in [0.1, 0.15) is 22.5 Å². The zero-order valence-electron chi connectivity index (χ0n) is 7.13. The molecule has 76 valence electrons. The molecule has 3 nitrogen and oxygen atoms in total. The van der Waals surface area contributed by atoms with Crippen molar-refractivity contribution in [1.29, 1.82) is 0 Å². The quantitative estimate of drug-likeness (QED) is 0.720. The summed E-state index contributed by atoms with van der Waals surface area (Å²) in [6.45, 7) is 0. The summed E-state index contributed by atoms with van der Waals surface area (Å²) in [5.41, 5.74) is -0.616. The van der Waals surface area contributed by atoms with Gasteiger partial charge in [-0.15, -0.1) is 0 Å². The molecule has 0 saturated heterocycles. The number of carbonyl (C=O) groups excluding carboxylic acids is 1. The topological polar surface area (TPSA) is 39.2 Å². The molecular weight excluding hydrogens is 216 g/mol. The van der Waals surface area contributed by atoms with Gasteiger partial charge >= 0.3 is 5.97 Å². The second-order valence-corrected chi connectivity index (χ2v) is 2.79. The molecule has 0 aliphatic carbocycles.